The van der Waals surface area contributed by atoms with Crippen LogP contribution in [0.3, 0.4) is 0 Å². The van der Waals surface area contributed by atoms with E-state index in [1.54, 1.807) is 4.90 Å². The number of benzene rings is 2. The number of thiazole rings is 1. The molecule has 0 saturated carbocycles. The number of amides is 1. The molecule has 0 atom stereocenters. The molecule has 4 rings (SSSR count). The molecule has 2 aromatic carbocycles. The van der Waals surface area contributed by atoms with Gasteiger partial charge in [-0.25, -0.2) is 9.78 Å². The van der Waals surface area contributed by atoms with Crippen molar-refractivity contribution in [3.63, 3.8) is 0 Å². The first-order valence-corrected chi connectivity index (χ1v) is 15.2. The quantitative estimate of drug-likeness (QED) is 0.158. The van der Waals surface area contributed by atoms with E-state index in [2.05, 4.69) is 43.1 Å². The number of hydrogen-bond donors (Lipinski definition) is 2. The molecule has 0 saturated heterocycles. The highest BCUT2D eigenvalue weighted by Crippen LogP contribution is 2.28. The van der Waals surface area contributed by atoms with E-state index in [-0.39, 0.29) is 30.3 Å². The molecule has 1 amide bonds. The van der Waals surface area contributed by atoms with Crippen molar-refractivity contribution in [1.29, 1.82) is 0 Å². The normalized spacial score (nSPS) is 11.0. The number of rotatable bonds is 15. The fourth-order valence-corrected chi connectivity index (χ4v) is 5.66. The second-order valence-corrected chi connectivity index (χ2v) is 11.2. The van der Waals surface area contributed by atoms with Gasteiger partial charge in [0.15, 0.2) is 0 Å². The van der Waals surface area contributed by atoms with Crippen molar-refractivity contribution in [3.8, 4) is 17.0 Å². The number of carbonyl (C=O) groups excluding carboxylic acids is 1. The van der Waals surface area contributed by atoms with E-state index in [1.807, 2.05) is 29.6 Å². The van der Waals surface area contributed by atoms with Gasteiger partial charge in [-0.15, -0.1) is 11.3 Å². The van der Waals surface area contributed by atoms with Crippen LogP contribution in [0.15, 0.2) is 72.2 Å². The number of aromatic carboxylic acids is 1. The van der Waals surface area contributed by atoms with E-state index in [0.29, 0.717) is 19.1 Å². The number of hydrogen-bond acceptors (Lipinski definition) is 7. The van der Waals surface area contributed by atoms with Gasteiger partial charge in [-0.05, 0) is 54.2 Å². The molecule has 2 aromatic heterocycles. The second kappa shape index (κ2) is 15.2. The number of nitrogens with two attached hydrogens (primary N) is 1. The van der Waals surface area contributed by atoms with Gasteiger partial charge in [0.25, 0.3) is 5.91 Å². The van der Waals surface area contributed by atoms with Crippen molar-refractivity contribution in [3.05, 3.63) is 99.6 Å². The fourth-order valence-electron chi connectivity index (χ4n) is 4.85. The van der Waals surface area contributed by atoms with E-state index in [9.17, 15) is 9.59 Å². The average molecular weight is 587 g/mol. The molecule has 2 heterocycles. The first-order chi connectivity index (χ1) is 20.4. The summed E-state index contributed by atoms with van der Waals surface area (Å²) >= 11 is 1.47. The summed E-state index contributed by atoms with van der Waals surface area (Å²) in [4.78, 5) is 34.5. The molecule has 8 nitrogen and oxygen atoms in total. The Hall–Kier alpha value is -4.08. The summed E-state index contributed by atoms with van der Waals surface area (Å²) < 4.78 is 6.04. The SMILES string of the molecule is CCCC(CCC)c1ccc(OCc2ccc(-c3csc(CN(CCN)C(=O)c4ccc(C(=O)O)cn4)n3)cc2)cc1. The molecule has 0 fully saturated rings. The van der Waals surface area contributed by atoms with Crippen LogP contribution in [0, 0.1) is 0 Å². The first-order valence-electron chi connectivity index (χ1n) is 14.4. The molecule has 42 heavy (non-hydrogen) atoms. The third-order valence-electron chi connectivity index (χ3n) is 7.07. The monoisotopic (exact) mass is 586 g/mol. The molecular weight excluding hydrogens is 548 g/mol. The minimum absolute atomic E-state index is 0.0241. The van der Waals surface area contributed by atoms with Crippen LogP contribution in [0.4, 0.5) is 0 Å². The highest BCUT2D eigenvalue weighted by molar-refractivity contribution is 7.09. The molecule has 3 N–H and O–H groups in total. The Balaban J connectivity index is 1.35. The molecule has 0 unspecified atom stereocenters. The van der Waals surface area contributed by atoms with E-state index in [4.69, 9.17) is 20.6 Å². The molecule has 0 spiro atoms. The topological polar surface area (TPSA) is 119 Å². The van der Waals surface area contributed by atoms with Crippen LogP contribution in [0.1, 0.15) is 82.4 Å². The Labute approximate surface area is 251 Å². The molecular formula is C33H38N4O4S. The van der Waals surface area contributed by atoms with Crippen molar-refractivity contribution in [2.75, 3.05) is 13.1 Å². The van der Waals surface area contributed by atoms with Crippen molar-refractivity contribution in [2.24, 2.45) is 5.73 Å². The zero-order valence-electron chi connectivity index (χ0n) is 24.2. The van der Waals surface area contributed by atoms with E-state index >= 15 is 0 Å². The van der Waals surface area contributed by atoms with Crippen LogP contribution < -0.4 is 10.5 Å². The Kier molecular flexibility index (Phi) is 11.2. The second-order valence-electron chi connectivity index (χ2n) is 10.2. The van der Waals surface area contributed by atoms with Gasteiger partial charge in [-0.3, -0.25) is 9.78 Å². The van der Waals surface area contributed by atoms with Gasteiger partial charge < -0.3 is 20.5 Å². The van der Waals surface area contributed by atoms with Gasteiger partial charge in [-0.2, -0.15) is 0 Å². The molecule has 220 valence electrons. The van der Waals surface area contributed by atoms with Crippen LogP contribution in [-0.2, 0) is 13.2 Å². The van der Waals surface area contributed by atoms with Crippen molar-refractivity contribution in [2.45, 2.75) is 58.6 Å². The fraction of sp³-hybridized carbons (Fsp3) is 0.333. The Morgan fingerprint density at radius 2 is 1.71 bits per heavy atom. The van der Waals surface area contributed by atoms with E-state index in [0.717, 1.165) is 27.6 Å². The number of carbonyl (C=O) groups is 2. The largest absolute Gasteiger partial charge is 0.489 e. The van der Waals surface area contributed by atoms with Crippen molar-refractivity contribution < 1.29 is 19.4 Å². The van der Waals surface area contributed by atoms with Crippen LogP contribution in [0.25, 0.3) is 11.3 Å². The summed E-state index contributed by atoms with van der Waals surface area (Å²) in [5.74, 6) is 0.0641. The Bertz CT molecular complexity index is 1430. The van der Waals surface area contributed by atoms with Gasteiger partial charge in [0, 0.05) is 30.2 Å². The summed E-state index contributed by atoms with van der Waals surface area (Å²) in [6.07, 6.45) is 5.99. The van der Waals surface area contributed by atoms with Crippen molar-refractivity contribution in [1.82, 2.24) is 14.9 Å². The van der Waals surface area contributed by atoms with Gasteiger partial charge >= 0.3 is 5.97 Å². The molecule has 0 aliphatic rings. The third-order valence-corrected chi connectivity index (χ3v) is 7.91. The highest BCUT2D eigenvalue weighted by Gasteiger charge is 2.19. The summed E-state index contributed by atoms with van der Waals surface area (Å²) in [7, 11) is 0. The molecule has 9 heteroatoms. The lowest BCUT2D eigenvalue weighted by molar-refractivity contribution is 0.0692. The zero-order chi connectivity index (χ0) is 29.9. The molecule has 4 aromatic rings. The number of carboxylic acids is 1. The molecule has 0 bridgehead atoms. The molecule has 0 aliphatic carbocycles. The third kappa shape index (κ3) is 8.24. The smallest absolute Gasteiger partial charge is 0.337 e. The predicted octanol–water partition coefficient (Wildman–Crippen LogP) is 6.77. The lowest BCUT2D eigenvalue weighted by atomic mass is 9.90. The van der Waals surface area contributed by atoms with Gasteiger partial charge in [0.05, 0.1) is 17.8 Å². The zero-order valence-corrected chi connectivity index (χ0v) is 25.0. The predicted molar refractivity (Wildman–Crippen MR) is 166 cm³/mol. The summed E-state index contributed by atoms with van der Waals surface area (Å²) in [6, 6.07) is 19.4. The Morgan fingerprint density at radius 3 is 2.31 bits per heavy atom. The van der Waals surface area contributed by atoms with Gasteiger partial charge in [0.2, 0.25) is 0 Å². The minimum Gasteiger partial charge on any atom is -0.489 e. The van der Waals surface area contributed by atoms with E-state index in [1.165, 1.54) is 60.9 Å². The number of ether oxygens (including phenoxy) is 1. The summed E-state index contributed by atoms with van der Waals surface area (Å²) in [6.45, 7) is 5.85. The average Bonchev–Trinajstić information content (AvgIpc) is 3.48. The maximum Gasteiger partial charge on any atom is 0.337 e. The molecule has 0 radical (unpaired) electrons. The maximum absolute atomic E-state index is 13.0. The maximum atomic E-state index is 13.0. The van der Waals surface area contributed by atoms with Gasteiger partial charge in [-0.1, -0.05) is 63.1 Å². The number of pyridine rings is 1. The lowest BCUT2D eigenvalue weighted by Gasteiger charge is -2.20. The van der Waals surface area contributed by atoms with Crippen LogP contribution in [-0.4, -0.2) is 44.9 Å². The highest BCUT2D eigenvalue weighted by atomic mass is 32.1. The number of nitrogens with zero attached hydrogens (tertiary/aromatic N) is 3. The first kappa shape index (κ1) is 30.9. The number of carboxylic acid groups (broad SMARTS) is 1. The van der Waals surface area contributed by atoms with Crippen LogP contribution in [0.2, 0.25) is 0 Å². The van der Waals surface area contributed by atoms with Crippen LogP contribution >= 0.6 is 11.3 Å². The van der Waals surface area contributed by atoms with Gasteiger partial charge in [0.1, 0.15) is 23.1 Å². The van der Waals surface area contributed by atoms with Crippen molar-refractivity contribution >= 4 is 23.2 Å². The van der Waals surface area contributed by atoms with E-state index < -0.39 is 5.97 Å². The molecule has 0 aliphatic heterocycles. The summed E-state index contributed by atoms with van der Waals surface area (Å²) in [5.41, 5.74) is 10.2. The minimum atomic E-state index is -1.09. The standard InChI is InChI=1S/C33H38N4O4S/c1-3-5-24(6-4-2)25-11-14-28(15-12-25)41-21-23-7-9-26(10-8-23)30-22-42-31(36-30)20-37(18-17-34)32(38)29-16-13-27(19-35-29)33(39)40/h7-16,19,22,24H,3-6,17-18,20-21,34H2,1-2H3,(H,39,40). The summed E-state index contributed by atoms with van der Waals surface area (Å²) in [5, 5.41) is 11.8. The number of aromatic nitrogens is 2. The van der Waals surface area contributed by atoms with Crippen LogP contribution in [0.5, 0.6) is 5.75 Å². The lowest BCUT2D eigenvalue weighted by Crippen LogP contribution is -2.35. The Morgan fingerprint density at radius 1 is 1.00 bits per heavy atom.